The number of ketones is 1. The van der Waals surface area contributed by atoms with Crippen LogP contribution in [0.1, 0.15) is 46.5 Å². The Labute approximate surface area is 150 Å². The van der Waals surface area contributed by atoms with Crippen molar-refractivity contribution >= 4 is 29.6 Å². The number of carboxylic acid groups (broad SMARTS) is 3. The molecule has 1 atom stereocenters. The lowest BCUT2D eigenvalue weighted by molar-refractivity contribution is -0.170. The third kappa shape index (κ3) is 5.51. The van der Waals surface area contributed by atoms with Crippen LogP contribution in [0.15, 0.2) is 0 Å². The number of amides is 1. The number of aliphatic hydroxyl groups is 1. The third-order valence-electron chi connectivity index (χ3n) is 4.42. The van der Waals surface area contributed by atoms with Gasteiger partial charge in [0.15, 0.2) is 11.4 Å². The number of rotatable bonds is 7. The number of aliphatic carboxylic acids is 3. The van der Waals surface area contributed by atoms with Gasteiger partial charge in [0.2, 0.25) is 5.91 Å². The fraction of sp³-hybridized carbons (Fsp3) is 0.688. The van der Waals surface area contributed by atoms with E-state index >= 15 is 0 Å². The molecular weight excluding hydrogens is 350 g/mol. The fourth-order valence-corrected chi connectivity index (χ4v) is 2.72. The maximum atomic E-state index is 11.9. The third-order valence-corrected chi connectivity index (χ3v) is 4.42. The lowest BCUT2D eigenvalue weighted by atomic mass is 9.71. The second-order valence-corrected chi connectivity index (χ2v) is 6.24. The molecule has 0 aromatic carbocycles. The van der Waals surface area contributed by atoms with Gasteiger partial charge >= 0.3 is 17.9 Å². The van der Waals surface area contributed by atoms with E-state index in [2.05, 4.69) is 5.32 Å². The average Bonchev–Trinajstić information content (AvgIpc) is 2.51. The lowest BCUT2D eigenvalue weighted by Crippen LogP contribution is -2.55. The molecular formula is C16H25NO9. The van der Waals surface area contributed by atoms with E-state index in [4.69, 9.17) is 20.4 Å². The average molecular weight is 375 g/mol. The van der Waals surface area contributed by atoms with Crippen LogP contribution >= 0.6 is 0 Å². The Bertz CT molecular complexity index is 564. The van der Waals surface area contributed by atoms with Gasteiger partial charge in [0.25, 0.3) is 0 Å². The minimum atomic E-state index is -2.74. The summed E-state index contributed by atoms with van der Waals surface area (Å²) >= 11 is 0. The highest BCUT2D eigenvalue weighted by Gasteiger charge is 2.47. The van der Waals surface area contributed by atoms with Gasteiger partial charge in [-0.15, -0.1) is 0 Å². The Morgan fingerprint density at radius 1 is 1.08 bits per heavy atom. The monoisotopic (exact) mass is 375 g/mol. The molecule has 1 rings (SSSR count). The summed E-state index contributed by atoms with van der Waals surface area (Å²) in [7, 11) is 0. The first-order valence-corrected chi connectivity index (χ1v) is 8.08. The predicted molar refractivity (Wildman–Crippen MR) is 87.3 cm³/mol. The van der Waals surface area contributed by atoms with Crippen molar-refractivity contribution in [2.24, 2.45) is 11.3 Å². The quantitative estimate of drug-likeness (QED) is 0.379. The van der Waals surface area contributed by atoms with Crippen LogP contribution < -0.4 is 5.32 Å². The molecule has 0 aromatic rings. The number of Topliss-reactive ketones (excluding diaryl/α,β-unsaturated/α-hetero) is 1. The number of hydrogen-bond acceptors (Lipinski definition) is 6. The molecule has 0 bridgehead atoms. The van der Waals surface area contributed by atoms with Gasteiger partial charge in [-0.3, -0.25) is 19.2 Å². The number of carboxylic acids is 3. The number of piperidine rings is 1. The predicted octanol–water partition coefficient (Wildman–Crippen LogP) is -0.121. The largest absolute Gasteiger partial charge is 0.481 e. The van der Waals surface area contributed by atoms with Crippen LogP contribution in [0.2, 0.25) is 0 Å². The van der Waals surface area contributed by atoms with Crippen LogP contribution in [-0.4, -0.2) is 62.2 Å². The second-order valence-electron chi connectivity index (χ2n) is 6.24. The highest BCUT2D eigenvalue weighted by Crippen LogP contribution is 2.33. The molecule has 10 nitrogen and oxygen atoms in total. The van der Waals surface area contributed by atoms with Crippen molar-refractivity contribution in [3.8, 4) is 0 Å². The normalized spacial score (nSPS) is 19.0. The maximum absolute atomic E-state index is 11.9. The zero-order valence-electron chi connectivity index (χ0n) is 14.9. The molecule has 0 aliphatic carbocycles. The molecule has 148 valence electrons. The molecule has 26 heavy (non-hydrogen) atoms. The Kier molecular flexibility index (Phi) is 8.39. The van der Waals surface area contributed by atoms with Crippen LogP contribution in [0.4, 0.5) is 0 Å². The summed E-state index contributed by atoms with van der Waals surface area (Å²) in [5, 5.41) is 36.6. The number of hydrogen-bond donors (Lipinski definition) is 5. The van der Waals surface area contributed by atoms with E-state index in [9.17, 15) is 24.0 Å². The van der Waals surface area contributed by atoms with Crippen molar-refractivity contribution in [2.45, 2.75) is 52.1 Å². The first-order chi connectivity index (χ1) is 11.9. The van der Waals surface area contributed by atoms with Gasteiger partial charge in [-0.05, 0) is 12.8 Å². The van der Waals surface area contributed by atoms with E-state index in [0.29, 0.717) is 19.4 Å². The molecule has 0 saturated carbocycles. The Balaban J connectivity index is 0.000000481. The van der Waals surface area contributed by atoms with Crippen LogP contribution in [0.25, 0.3) is 0 Å². The zero-order chi connectivity index (χ0) is 20.7. The summed E-state index contributed by atoms with van der Waals surface area (Å²) in [4.78, 5) is 53.9. The van der Waals surface area contributed by atoms with Gasteiger partial charge < -0.3 is 25.7 Å². The minimum absolute atomic E-state index is 0.0300. The molecule has 1 amide bonds. The first kappa shape index (κ1) is 23.5. The standard InChI is InChI=1S/C10H17NO2.C6H8O7/c1-4-10(5-2)8(12)7(3)6-11-9(10)13;7-3(8)1-6(13,5(11)12)2-4(9)10/h7H,4-6H2,1-3H3,(H,11,13);13H,1-2H2,(H,7,8)(H,9,10)(H,11,12)/t7-;/m1./s1. The highest BCUT2D eigenvalue weighted by molar-refractivity contribution is 6.08. The van der Waals surface area contributed by atoms with E-state index in [1.54, 1.807) is 0 Å². The molecule has 1 fully saturated rings. The van der Waals surface area contributed by atoms with Crippen molar-refractivity contribution in [2.75, 3.05) is 6.54 Å². The van der Waals surface area contributed by atoms with Crippen LogP contribution in [0.5, 0.6) is 0 Å². The number of carbonyl (C=O) groups is 5. The molecule has 0 radical (unpaired) electrons. The summed E-state index contributed by atoms with van der Waals surface area (Å²) in [6.45, 7) is 6.18. The Hall–Kier alpha value is -2.49. The molecule has 1 aliphatic rings. The van der Waals surface area contributed by atoms with Crippen molar-refractivity contribution in [1.29, 1.82) is 0 Å². The highest BCUT2D eigenvalue weighted by atomic mass is 16.4. The summed E-state index contributed by atoms with van der Waals surface area (Å²) < 4.78 is 0. The molecule has 1 saturated heterocycles. The maximum Gasteiger partial charge on any atom is 0.336 e. The molecule has 0 spiro atoms. The van der Waals surface area contributed by atoms with E-state index in [-0.39, 0.29) is 17.6 Å². The van der Waals surface area contributed by atoms with Gasteiger partial charge in [-0.2, -0.15) is 0 Å². The summed E-state index contributed by atoms with van der Waals surface area (Å²) in [5.41, 5.74) is -3.48. The van der Waals surface area contributed by atoms with Gasteiger partial charge in [-0.1, -0.05) is 20.8 Å². The van der Waals surface area contributed by atoms with E-state index in [0.717, 1.165) is 0 Å². The lowest BCUT2D eigenvalue weighted by Gasteiger charge is -2.35. The zero-order valence-corrected chi connectivity index (χ0v) is 14.9. The minimum Gasteiger partial charge on any atom is -0.481 e. The molecule has 0 unspecified atom stereocenters. The summed E-state index contributed by atoms with van der Waals surface area (Å²) in [5.74, 6) is -5.02. The molecule has 1 aliphatic heterocycles. The van der Waals surface area contributed by atoms with Gasteiger partial charge in [0, 0.05) is 12.5 Å². The topological polar surface area (TPSA) is 178 Å². The fourth-order valence-electron chi connectivity index (χ4n) is 2.72. The number of carbonyl (C=O) groups excluding carboxylic acids is 2. The van der Waals surface area contributed by atoms with Crippen molar-refractivity contribution < 1.29 is 44.4 Å². The van der Waals surface area contributed by atoms with Gasteiger partial charge in [-0.25, -0.2) is 4.79 Å². The van der Waals surface area contributed by atoms with Crippen LogP contribution in [0.3, 0.4) is 0 Å². The van der Waals surface area contributed by atoms with Gasteiger partial charge in [0.1, 0.15) is 5.41 Å². The Morgan fingerprint density at radius 3 is 1.77 bits per heavy atom. The summed E-state index contributed by atoms with van der Waals surface area (Å²) in [6, 6.07) is 0. The van der Waals surface area contributed by atoms with Crippen molar-refractivity contribution in [3.05, 3.63) is 0 Å². The van der Waals surface area contributed by atoms with Crippen molar-refractivity contribution in [1.82, 2.24) is 5.32 Å². The van der Waals surface area contributed by atoms with E-state index in [1.165, 1.54) is 0 Å². The number of nitrogens with one attached hydrogen (secondary N) is 1. The van der Waals surface area contributed by atoms with E-state index < -0.39 is 41.8 Å². The van der Waals surface area contributed by atoms with Crippen molar-refractivity contribution in [3.63, 3.8) is 0 Å². The van der Waals surface area contributed by atoms with Gasteiger partial charge in [0.05, 0.1) is 12.8 Å². The first-order valence-electron chi connectivity index (χ1n) is 8.08. The van der Waals surface area contributed by atoms with E-state index in [1.807, 2.05) is 20.8 Å². The smallest absolute Gasteiger partial charge is 0.336 e. The van der Waals surface area contributed by atoms with Crippen LogP contribution in [-0.2, 0) is 24.0 Å². The molecule has 10 heteroatoms. The molecule has 1 heterocycles. The molecule has 0 aromatic heterocycles. The molecule has 5 N–H and O–H groups in total. The van der Waals surface area contributed by atoms with Crippen LogP contribution in [0, 0.1) is 11.3 Å². The SMILES string of the molecule is CCC1(CC)C(=O)NC[C@@H](C)C1=O.O=C(O)CC(O)(CC(=O)O)C(=O)O. The Morgan fingerprint density at radius 2 is 1.50 bits per heavy atom. The second kappa shape index (κ2) is 9.27. The summed E-state index contributed by atoms with van der Waals surface area (Å²) in [6.07, 6.45) is -1.07.